The van der Waals surface area contributed by atoms with Gasteiger partial charge < -0.3 is 9.47 Å². The molecule has 1 heterocycles. The number of carbonyl (C=O) groups is 1. The Kier molecular flexibility index (Phi) is 6.78. The highest BCUT2D eigenvalue weighted by atomic mass is 35.5. The maximum absolute atomic E-state index is 12.9. The molecule has 144 valence electrons. The number of hydrogen-bond donors (Lipinski definition) is 0. The van der Waals surface area contributed by atoms with Crippen LogP contribution in [-0.4, -0.2) is 23.4 Å². The lowest BCUT2D eigenvalue weighted by Gasteiger charge is -2.14. The van der Waals surface area contributed by atoms with Crippen molar-refractivity contribution in [3.05, 3.63) is 70.6 Å². The molecule has 1 amide bonds. The summed E-state index contributed by atoms with van der Waals surface area (Å²) in [5, 5.41) is 0.604. The van der Waals surface area contributed by atoms with Gasteiger partial charge in [-0.2, -0.15) is 0 Å². The molecular formula is C21H18ClNO3S2. The zero-order valence-electron chi connectivity index (χ0n) is 15.2. The second kappa shape index (κ2) is 9.28. The Hall–Kier alpha value is -2.28. The second-order valence-corrected chi connectivity index (χ2v) is 7.84. The number of hydrogen-bond acceptors (Lipinski definition) is 5. The SMILES string of the molecule is C=CCOc1ccc(/C=C2\SC(=S)N(c3ccc(Cl)cc3)C2=O)cc1OCC. The van der Waals surface area contributed by atoms with Crippen LogP contribution < -0.4 is 14.4 Å². The molecule has 0 N–H and O–H groups in total. The second-order valence-electron chi connectivity index (χ2n) is 5.73. The van der Waals surface area contributed by atoms with Crippen LogP contribution >= 0.6 is 35.6 Å². The van der Waals surface area contributed by atoms with Gasteiger partial charge in [-0.15, -0.1) is 0 Å². The summed E-state index contributed by atoms with van der Waals surface area (Å²) in [7, 11) is 0. The minimum absolute atomic E-state index is 0.165. The van der Waals surface area contributed by atoms with Crippen LogP contribution in [0.5, 0.6) is 11.5 Å². The van der Waals surface area contributed by atoms with Crippen molar-refractivity contribution < 1.29 is 14.3 Å². The van der Waals surface area contributed by atoms with Crippen molar-refractivity contribution >= 4 is 57.6 Å². The number of ether oxygens (including phenoxy) is 2. The van der Waals surface area contributed by atoms with E-state index in [0.29, 0.717) is 44.6 Å². The lowest BCUT2D eigenvalue weighted by Crippen LogP contribution is -2.27. The first-order valence-electron chi connectivity index (χ1n) is 8.57. The minimum atomic E-state index is -0.165. The van der Waals surface area contributed by atoms with Crippen LogP contribution in [0.25, 0.3) is 6.08 Å². The van der Waals surface area contributed by atoms with E-state index >= 15 is 0 Å². The van der Waals surface area contributed by atoms with Gasteiger partial charge in [0.05, 0.1) is 17.2 Å². The Morgan fingerprint density at radius 1 is 1.18 bits per heavy atom. The summed E-state index contributed by atoms with van der Waals surface area (Å²) in [6.07, 6.45) is 3.47. The molecule has 0 atom stereocenters. The molecule has 0 saturated carbocycles. The summed E-state index contributed by atoms with van der Waals surface area (Å²) in [5.41, 5.74) is 1.52. The van der Waals surface area contributed by atoms with Crippen LogP contribution in [0, 0.1) is 0 Å². The molecule has 0 bridgehead atoms. The first-order valence-corrected chi connectivity index (χ1v) is 10.2. The van der Waals surface area contributed by atoms with E-state index in [9.17, 15) is 4.79 Å². The fraction of sp³-hybridized carbons (Fsp3) is 0.143. The number of thioether (sulfide) groups is 1. The Morgan fingerprint density at radius 3 is 2.61 bits per heavy atom. The molecule has 0 unspecified atom stereocenters. The average molecular weight is 432 g/mol. The normalized spacial score (nSPS) is 15.2. The molecule has 1 aliphatic rings. The largest absolute Gasteiger partial charge is 0.490 e. The fourth-order valence-corrected chi connectivity index (χ4v) is 4.01. The van der Waals surface area contributed by atoms with E-state index in [4.69, 9.17) is 33.3 Å². The molecule has 7 heteroatoms. The van der Waals surface area contributed by atoms with E-state index in [1.807, 2.05) is 25.1 Å². The van der Waals surface area contributed by atoms with Gasteiger partial charge in [0.15, 0.2) is 15.8 Å². The Bertz CT molecular complexity index is 941. The monoisotopic (exact) mass is 431 g/mol. The van der Waals surface area contributed by atoms with Gasteiger partial charge in [0.1, 0.15) is 6.61 Å². The van der Waals surface area contributed by atoms with Gasteiger partial charge in [-0.1, -0.05) is 54.3 Å². The summed E-state index contributed by atoms with van der Waals surface area (Å²) in [6.45, 7) is 6.45. The first kappa shape index (κ1) is 20.5. The predicted molar refractivity (Wildman–Crippen MR) is 120 cm³/mol. The highest BCUT2D eigenvalue weighted by Crippen LogP contribution is 2.37. The number of rotatable bonds is 7. The number of nitrogens with zero attached hydrogens (tertiary/aromatic N) is 1. The summed E-state index contributed by atoms with van der Waals surface area (Å²) >= 11 is 12.6. The van der Waals surface area contributed by atoms with Crippen LogP contribution in [-0.2, 0) is 4.79 Å². The number of benzene rings is 2. The van der Waals surface area contributed by atoms with E-state index in [1.54, 1.807) is 36.4 Å². The van der Waals surface area contributed by atoms with Crippen LogP contribution in [0.15, 0.2) is 60.0 Å². The zero-order chi connectivity index (χ0) is 20.1. The van der Waals surface area contributed by atoms with Crippen molar-refractivity contribution in [3.63, 3.8) is 0 Å². The standard InChI is InChI=1S/C21H18ClNO3S2/c1-3-11-26-17-10-5-14(12-18(17)25-4-2)13-19-20(24)23(21(27)28-19)16-8-6-15(22)7-9-16/h3,5-10,12-13H,1,4,11H2,2H3/b19-13-. The number of thiocarbonyl (C=S) groups is 1. The van der Waals surface area contributed by atoms with Gasteiger partial charge in [-0.3, -0.25) is 9.69 Å². The third-order valence-corrected chi connectivity index (χ3v) is 5.35. The third-order valence-electron chi connectivity index (χ3n) is 3.80. The Morgan fingerprint density at radius 2 is 1.93 bits per heavy atom. The lowest BCUT2D eigenvalue weighted by atomic mass is 10.1. The maximum atomic E-state index is 12.9. The lowest BCUT2D eigenvalue weighted by molar-refractivity contribution is -0.113. The Labute approximate surface area is 178 Å². The molecule has 1 saturated heterocycles. The minimum Gasteiger partial charge on any atom is -0.490 e. The van der Waals surface area contributed by atoms with Gasteiger partial charge in [0, 0.05) is 5.02 Å². The van der Waals surface area contributed by atoms with Gasteiger partial charge in [0.2, 0.25) is 0 Å². The van der Waals surface area contributed by atoms with Crippen LogP contribution in [0.2, 0.25) is 5.02 Å². The third kappa shape index (κ3) is 4.58. The van der Waals surface area contributed by atoms with E-state index in [-0.39, 0.29) is 5.91 Å². The molecule has 0 radical (unpaired) electrons. The van der Waals surface area contributed by atoms with E-state index in [1.165, 1.54) is 16.7 Å². The summed E-state index contributed by atoms with van der Waals surface area (Å²) in [6, 6.07) is 12.5. The molecule has 0 spiro atoms. The van der Waals surface area contributed by atoms with Gasteiger partial charge in [-0.25, -0.2) is 0 Å². The summed E-state index contributed by atoms with van der Waals surface area (Å²) in [4.78, 5) is 14.9. The summed E-state index contributed by atoms with van der Waals surface area (Å²) in [5.74, 6) is 1.08. The molecule has 1 aliphatic heterocycles. The molecular weight excluding hydrogens is 414 g/mol. The van der Waals surface area contributed by atoms with E-state index in [2.05, 4.69) is 6.58 Å². The van der Waals surface area contributed by atoms with Crippen LogP contribution in [0.4, 0.5) is 5.69 Å². The first-order chi connectivity index (χ1) is 13.5. The van der Waals surface area contributed by atoms with Gasteiger partial charge in [-0.05, 0) is 55.0 Å². The number of anilines is 1. The number of amides is 1. The van der Waals surface area contributed by atoms with Crippen molar-refractivity contribution in [1.82, 2.24) is 0 Å². The van der Waals surface area contributed by atoms with Crippen molar-refractivity contribution in [3.8, 4) is 11.5 Å². The smallest absolute Gasteiger partial charge is 0.270 e. The molecule has 2 aromatic carbocycles. The van der Waals surface area contributed by atoms with Crippen molar-refractivity contribution in [2.45, 2.75) is 6.92 Å². The average Bonchev–Trinajstić information content (AvgIpc) is 2.95. The topological polar surface area (TPSA) is 38.8 Å². The molecule has 0 aliphatic carbocycles. The highest BCUT2D eigenvalue weighted by molar-refractivity contribution is 8.27. The van der Waals surface area contributed by atoms with E-state index < -0.39 is 0 Å². The molecule has 3 rings (SSSR count). The molecule has 1 fully saturated rings. The zero-order valence-corrected chi connectivity index (χ0v) is 17.6. The quantitative estimate of drug-likeness (QED) is 0.319. The molecule has 28 heavy (non-hydrogen) atoms. The molecule has 4 nitrogen and oxygen atoms in total. The number of carbonyl (C=O) groups excluding carboxylic acids is 1. The Balaban J connectivity index is 1.87. The van der Waals surface area contributed by atoms with Crippen molar-refractivity contribution in [2.75, 3.05) is 18.1 Å². The summed E-state index contributed by atoms with van der Waals surface area (Å²) < 4.78 is 11.8. The van der Waals surface area contributed by atoms with Crippen molar-refractivity contribution in [2.24, 2.45) is 0 Å². The van der Waals surface area contributed by atoms with Crippen LogP contribution in [0.1, 0.15) is 12.5 Å². The fourth-order valence-electron chi connectivity index (χ4n) is 2.58. The highest BCUT2D eigenvalue weighted by Gasteiger charge is 2.33. The maximum Gasteiger partial charge on any atom is 0.270 e. The number of halogens is 1. The van der Waals surface area contributed by atoms with Crippen molar-refractivity contribution in [1.29, 1.82) is 0 Å². The van der Waals surface area contributed by atoms with Crippen LogP contribution in [0.3, 0.4) is 0 Å². The predicted octanol–water partition coefficient (Wildman–Crippen LogP) is 5.71. The molecule has 2 aromatic rings. The van der Waals surface area contributed by atoms with Gasteiger partial charge >= 0.3 is 0 Å². The van der Waals surface area contributed by atoms with E-state index in [0.717, 1.165) is 5.56 Å². The molecule has 0 aromatic heterocycles. The van der Waals surface area contributed by atoms with Gasteiger partial charge in [0.25, 0.3) is 5.91 Å².